The van der Waals surface area contributed by atoms with Crippen LogP contribution in [0.25, 0.3) is 0 Å². The molecule has 1 aliphatic rings. The Kier molecular flexibility index (Phi) is 1.41. The Bertz CT molecular complexity index is 158. The van der Waals surface area contributed by atoms with Crippen LogP contribution in [0.15, 0.2) is 11.6 Å². The summed E-state index contributed by atoms with van der Waals surface area (Å²) in [6.45, 7) is 4.81. The number of carbonyl (C=O) groups is 1. The fourth-order valence-corrected chi connectivity index (χ4v) is 0.971. The molecular formula is C7H11NO. The lowest BCUT2D eigenvalue weighted by molar-refractivity contribution is -0.104. The molecule has 0 saturated heterocycles. The lowest BCUT2D eigenvalue weighted by atomic mass is 10.1. The molecule has 0 fully saturated rings. The van der Waals surface area contributed by atoms with Crippen molar-refractivity contribution in [2.24, 2.45) is 0 Å². The van der Waals surface area contributed by atoms with Crippen molar-refractivity contribution < 1.29 is 4.79 Å². The number of carbonyl (C=O) groups excluding carboxylic acids is 1. The smallest absolute Gasteiger partial charge is 0.147 e. The second-order valence-electron chi connectivity index (χ2n) is 2.91. The maximum atomic E-state index is 10.2. The predicted octanol–water partition coefficient (Wildman–Crippen LogP) is 0.493. The van der Waals surface area contributed by atoms with E-state index >= 15 is 0 Å². The van der Waals surface area contributed by atoms with Crippen LogP contribution in [0, 0.1) is 0 Å². The molecule has 1 aliphatic heterocycles. The topological polar surface area (TPSA) is 29.1 Å². The molecule has 1 heterocycles. The zero-order valence-corrected chi connectivity index (χ0v) is 5.77. The minimum Gasteiger partial charge on any atom is -0.304 e. The van der Waals surface area contributed by atoms with Crippen LogP contribution >= 0.6 is 0 Å². The van der Waals surface area contributed by atoms with Crippen molar-refractivity contribution in [3.8, 4) is 0 Å². The third-order valence-electron chi connectivity index (χ3n) is 1.45. The van der Waals surface area contributed by atoms with Crippen molar-refractivity contribution in [2.45, 2.75) is 19.4 Å². The molecule has 0 aromatic carbocycles. The van der Waals surface area contributed by atoms with E-state index in [1.807, 2.05) is 19.9 Å². The second-order valence-corrected chi connectivity index (χ2v) is 2.91. The molecule has 0 radical (unpaired) electrons. The van der Waals surface area contributed by atoms with Crippen molar-refractivity contribution in [2.75, 3.05) is 6.54 Å². The molecule has 2 heteroatoms. The summed E-state index contributed by atoms with van der Waals surface area (Å²) in [7, 11) is 0. The van der Waals surface area contributed by atoms with E-state index in [1.165, 1.54) is 0 Å². The van der Waals surface area contributed by atoms with E-state index in [0.29, 0.717) is 0 Å². The molecule has 0 amide bonds. The summed E-state index contributed by atoms with van der Waals surface area (Å²) in [5.41, 5.74) is 0.885. The Morgan fingerprint density at radius 3 is 2.67 bits per heavy atom. The first-order chi connectivity index (χ1) is 4.14. The molecular weight excluding hydrogens is 114 g/mol. The Morgan fingerprint density at radius 1 is 1.78 bits per heavy atom. The van der Waals surface area contributed by atoms with Gasteiger partial charge in [-0.15, -0.1) is 0 Å². The fourth-order valence-electron chi connectivity index (χ4n) is 0.971. The first-order valence-electron chi connectivity index (χ1n) is 3.06. The van der Waals surface area contributed by atoms with Crippen LogP contribution in [0.3, 0.4) is 0 Å². The quantitative estimate of drug-likeness (QED) is 0.517. The van der Waals surface area contributed by atoms with Crippen molar-refractivity contribution in [3.05, 3.63) is 11.6 Å². The zero-order valence-electron chi connectivity index (χ0n) is 5.77. The molecule has 2 nitrogen and oxygen atoms in total. The van der Waals surface area contributed by atoms with Crippen LogP contribution in [-0.2, 0) is 4.79 Å². The van der Waals surface area contributed by atoms with Gasteiger partial charge in [0.05, 0.1) is 0 Å². The number of aldehydes is 1. The van der Waals surface area contributed by atoms with Crippen LogP contribution < -0.4 is 5.32 Å². The van der Waals surface area contributed by atoms with Gasteiger partial charge >= 0.3 is 0 Å². The van der Waals surface area contributed by atoms with Crippen LogP contribution in [-0.4, -0.2) is 18.4 Å². The SMILES string of the molecule is CC1(C)C=C(C=O)CN1. The van der Waals surface area contributed by atoms with E-state index in [2.05, 4.69) is 5.32 Å². The maximum Gasteiger partial charge on any atom is 0.147 e. The lowest BCUT2D eigenvalue weighted by Crippen LogP contribution is -2.32. The molecule has 50 valence electrons. The van der Waals surface area contributed by atoms with Gasteiger partial charge in [0.25, 0.3) is 0 Å². The molecule has 0 aliphatic carbocycles. The van der Waals surface area contributed by atoms with Gasteiger partial charge in [0, 0.05) is 17.7 Å². The zero-order chi connectivity index (χ0) is 6.91. The Balaban J connectivity index is 2.71. The van der Waals surface area contributed by atoms with E-state index < -0.39 is 0 Å². The number of rotatable bonds is 1. The Hall–Kier alpha value is -0.630. The summed E-state index contributed by atoms with van der Waals surface area (Å²) in [6, 6.07) is 0. The third-order valence-corrected chi connectivity index (χ3v) is 1.45. The first kappa shape index (κ1) is 6.49. The third kappa shape index (κ3) is 1.39. The summed E-state index contributed by atoms with van der Waals surface area (Å²) in [6.07, 6.45) is 2.86. The second kappa shape index (κ2) is 1.95. The summed E-state index contributed by atoms with van der Waals surface area (Å²) in [5, 5.41) is 3.17. The highest BCUT2D eigenvalue weighted by Gasteiger charge is 2.20. The molecule has 0 spiro atoms. The monoisotopic (exact) mass is 125 g/mol. The average Bonchev–Trinajstić information content (AvgIpc) is 2.10. The Morgan fingerprint density at radius 2 is 2.44 bits per heavy atom. The van der Waals surface area contributed by atoms with Gasteiger partial charge < -0.3 is 5.32 Å². The molecule has 1 rings (SSSR count). The molecule has 0 aromatic heterocycles. The Labute approximate surface area is 54.9 Å². The number of hydrogen-bond acceptors (Lipinski definition) is 2. The van der Waals surface area contributed by atoms with Gasteiger partial charge in [-0.3, -0.25) is 4.79 Å². The van der Waals surface area contributed by atoms with E-state index in [9.17, 15) is 4.79 Å². The highest BCUT2D eigenvalue weighted by molar-refractivity contribution is 5.75. The van der Waals surface area contributed by atoms with Crippen LogP contribution in [0.5, 0.6) is 0 Å². The largest absolute Gasteiger partial charge is 0.304 e. The van der Waals surface area contributed by atoms with Gasteiger partial charge in [0.15, 0.2) is 0 Å². The summed E-state index contributed by atoms with van der Waals surface area (Å²) in [4.78, 5) is 10.2. The fraction of sp³-hybridized carbons (Fsp3) is 0.571. The van der Waals surface area contributed by atoms with Crippen molar-refractivity contribution in [3.63, 3.8) is 0 Å². The standard InChI is InChI=1S/C7H11NO/c1-7(2)3-6(5-9)4-8-7/h3,5,8H,4H2,1-2H3. The summed E-state index contributed by atoms with van der Waals surface area (Å²) < 4.78 is 0. The highest BCUT2D eigenvalue weighted by atomic mass is 16.1. The van der Waals surface area contributed by atoms with Crippen molar-refractivity contribution in [1.82, 2.24) is 5.32 Å². The minimum absolute atomic E-state index is 0.0241. The highest BCUT2D eigenvalue weighted by Crippen LogP contribution is 2.13. The average molecular weight is 125 g/mol. The van der Waals surface area contributed by atoms with Gasteiger partial charge in [-0.1, -0.05) is 6.08 Å². The van der Waals surface area contributed by atoms with E-state index in [0.717, 1.165) is 18.4 Å². The van der Waals surface area contributed by atoms with Crippen molar-refractivity contribution >= 4 is 6.29 Å². The van der Waals surface area contributed by atoms with E-state index in [1.54, 1.807) is 0 Å². The van der Waals surface area contributed by atoms with Crippen LogP contribution in [0.1, 0.15) is 13.8 Å². The molecule has 1 N–H and O–H groups in total. The summed E-state index contributed by atoms with van der Waals surface area (Å²) >= 11 is 0. The van der Waals surface area contributed by atoms with Crippen LogP contribution in [0.2, 0.25) is 0 Å². The molecule has 0 unspecified atom stereocenters. The number of hydrogen-bond donors (Lipinski definition) is 1. The van der Waals surface area contributed by atoms with Gasteiger partial charge in [0.1, 0.15) is 6.29 Å². The van der Waals surface area contributed by atoms with E-state index in [4.69, 9.17) is 0 Å². The van der Waals surface area contributed by atoms with Gasteiger partial charge in [-0.25, -0.2) is 0 Å². The molecule has 0 aromatic rings. The van der Waals surface area contributed by atoms with Crippen molar-refractivity contribution in [1.29, 1.82) is 0 Å². The van der Waals surface area contributed by atoms with Gasteiger partial charge in [-0.2, -0.15) is 0 Å². The molecule has 9 heavy (non-hydrogen) atoms. The van der Waals surface area contributed by atoms with Gasteiger partial charge in [0.2, 0.25) is 0 Å². The van der Waals surface area contributed by atoms with Gasteiger partial charge in [-0.05, 0) is 13.8 Å². The van der Waals surface area contributed by atoms with Crippen LogP contribution in [0.4, 0.5) is 0 Å². The summed E-state index contributed by atoms with van der Waals surface area (Å²) in [5.74, 6) is 0. The molecule has 0 atom stereocenters. The molecule has 0 bridgehead atoms. The predicted molar refractivity (Wildman–Crippen MR) is 36.2 cm³/mol. The molecule has 0 saturated carbocycles. The van der Waals surface area contributed by atoms with E-state index in [-0.39, 0.29) is 5.54 Å². The maximum absolute atomic E-state index is 10.2. The first-order valence-corrected chi connectivity index (χ1v) is 3.06. The number of nitrogens with one attached hydrogen (secondary N) is 1. The lowest BCUT2D eigenvalue weighted by Gasteiger charge is -2.13. The normalized spacial score (nSPS) is 23.6. The minimum atomic E-state index is 0.0241.